The van der Waals surface area contributed by atoms with Crippen molar-refractivity contribution in [2.75, 3.05) is 17.7 Å². The minimum absolute atomic E-state index is 0.197. The molecule has 0 saturated carbocycles. The van der Waals surface area contributed by atoms with Crippen molar-refractivity contribution in [1.82, 2.24) is 0 Å². The maximum absolute atomic E-state index is 13.5. The van der Waals surface area contributed by atoms with E-state index in [-0.39, 0.29) is 17.4 Å². The largest absolute Gasteiger partial charge is 0.465 e. The van der Waals surface area contributed by atoms with E-state index in [1.54, 1.807) is 24.3 Å². The molecule has 0 radical (unpaired) electrons. The average molecular weight is 547 g/mol. The molecule has 5 aromatic rings. The lowest BCUT2D eigenvalue weighted by Gasteiger charge is -2.18. The molecule has 5 aromatic carbocycles. The third-order valence-corrected chi connectivity index (χ3v) is 7.57. The van der Waals surface area contributed by atoms with Crippen LogP contribution in [0.15, 0.2) is 126 Å². The van der Waals surface area contributed by atoms with Gasteiger partial charge in [-0.3, -0.25) is 9.59 Å². The van der Waals surface area contributed by atoms with E-state index in [0.29, 0.717) is 16.9 Å². The van der Waals surface area contributed by atoms with Crippen LogP contribution >= 0.6 is 11.8 Å². The lowest BCUT2D eigenvalue weighted by Crippen LogP contribution is -2.20. The molecule has 0 aliphatic rings. The molecular weight excluding hydrogens is 520 g/mol. The Hall–Kier alpha value is -4.88. The summed E-state index contributed by atoms with van der Waals surface area (Å²) < 4.78 is 4.86. The number of fused-ring (bicyclic) bond motifs is 1. The number of rotatable bonds is 8. The molecule has 1 unspecified atom stereocenters. The summed E-state index contributed by atoms with van der Waals surface area (Å²) in [6.07, 6.45) is 0. The maximum Gasteiger partial charge on any atom is 0.339 e. The molecule has 0 spiro atoms. The van der Waals surface area contributed by atoms with Crippen LogP contribution in [0.3, 0.4) is 0 Å². The van der Waals surface area contributed by atoms with Gasteiger partial charge in [-0.1, -0.05) is 72.8 Å². The number of ether oxygens (including phenoxy) is 1. The van der Waals surface area contributed by atoms with Crippen molar-refractivity contribution < 1.29 is 19.1 Å². The van der Waals surface area contributed by atoms with Gasteiger partial charge in [0.05, 0.1) is 18.4 Å². The van der Waals surface area contributed by atoms with E-state index in [9.17, 15) is 14.4 Å². The minimum Gasteiger partial charge on any atom is -0.465 e. The number of hydrogen-bond donors (Lipinski definition) is 2. The highest BCUT2D eigenvalue weighted by Gasteiger charge is 2.24. The number of benzene rings is 5. The van der Waals surface area contributed by atoms with Crippen LogP contribution in [0.5, 0.6) is 0 Å². The van der Waals surface area contributed by atoms with Crippen molar-refractivity contribution >= 4 is 51.7 Å². The van der Waals surface area contributed by atoms with Crippen molar-refractivity contribution in [3.05, 3.63) is 138 Å². The van der Waals surface area contributed by atoms with E-state index < -0.39 is 11.2 Å². The zero-order valence-electron chi connectivity index (χ0n) is 21.7. The number of para-hydroxylation sites is 1. The third-order valence-electron chi connectivity index (χ3n) is 6.31. The van der Waals surface area contributed by atoms with Crippen LogP contribution in [0, 0.1) is 0 Å². The zero-order chi connectivity index (χ0) is 27.9. The molecular formula is C33H26N2O4S. The van der Waals surface area contributed by atoms with Gasteiger partial charge in [-0.2, -0.15) is 0 Å². The molecule has 2 amide bonds. The van der Waals surface area contributed by atoms with E-state index >= 15 is 0 Å². The van der Waals surface area contributed by atoms with E-state index in [4.69, 9.17) is 4.74 Å². The first-order chi connectivity index (χ1) is 19.5. The number of amides is 2. The first kappa shape index (κ1) is 26.7. The van der Waals surface area contributed by atoms with Crippen molar-refractivity contribution in [1.29, 1.82) is 0 Å². The van der Waals surface area contributed by atoms with Crippen molar-refractivity contribution in [3.8, 4) is 0 Å². The van der Waals surface area contributed by atoms with Gasteiger partial charge in [0.15, 0.2) is 0 Å². The predicted octanol–water partition coefficient (Wildman–Crippen LogP) is 7.35. The Bertz CT molecular complexity index is 1670. The molecule has 198 valence electrons. The molecule has 0 aromatic heterocycles. The second kappa shape index (κ2) is 12.3. The number of thioether (sulfide) groups is 1. The SMILES string of the molecule is COC(=O)c1ccccc1NC(=O)C(Sc1ccc(NC(=O)c2ccc3ccccc3c2)cc1)c1ccccc1. The number of hydrogen-bond acceptors (Lipinski definition) is 5. The van der Waals surface area contributed by atoms with Crippen LogP contribution in [0.25, 0.3) is 10.8 Å². The van der Waals surface area contributed by atoms with Crippen LogP contribution in [0.1, 0.15) is 31.5 Å². The molecule has 0 heterocycles. The number of carbonyl (C=O) groups excluding carboxylic acids is 3. The Kier molecular flexibility index (Phi) is 8.23. The molecule has 0 bridgehead atoms. The molecule has 0 saturated heterocycles. The number of nitrogens with one attached hydrogen (secondary N) is 2. The van der Waals surface area contributed by atoms with Crippen LogP contribution in [-0.2, 0) is 9.53 Å². The molecule has 6 nitrogen and oxygen atoms in total. The van der Waals surface area contributed by atoms with Crippen LogP contribution < -0.4 is 10.6 Å². The number of methoxy groups -OCH3 is 1. The Morgan fingerprint density at radius 3 is 2.12 bits per heavy atom. The fraction of sp³-hybridized carbons (Fsp3) is 0.0606. The van der Waals surface area contributed by atoms with Crippen LogP contribution in [0.4, 0.5) is 11.4 Å². The number of anilines is 2. The fourth-order valence-corrected chi connectivity index (χ4v) is 5.29. The lowest BCUT2D eigenvalue weighted by atomic mass is 10.1. The monoisotopic (exact) mass is 546 g/mol. The molecule has 5 rings (SSSR count). The summed E-state index contributed by atoms with van der Waals surface area (Å²) in [5.41, 5.74) is 2.70. The van der Waals surface area contributed by atoms with E-state index in [0.717, 1.165) is 21.2 Å². The molecule has 0 aliphatic heterocycles. The Morgan fingerprint density at radius 2 is 1.38 bits per heavy atom. The molecule has 40 heavy (non-hydrogen) atoms. The summed E-state index contributed by atoms with van der Waals surface area (Å²) in [5.74, 6) is -1.00. The van der Waals surface area contributed by atoms with Gasteiger partial charge in [0.1, 0.15) is 5.25 Å². The first-order valence-electron chi connectivity index (χ1n) is 12.6. The van der Waals surface area contributed by atoms with E-state index in [1.807, 2.05) is 97.1 Å². The van der Waals surface area contributed by atoms with Gasteiger partial charge in [0, 0.05) is 16.1 Å². The number of carbonyl (C=O) groups is 3. The fourth-order valence-electron chi connectivity index (χ4n) is 4.27. The highest BCUT2D eigenvalue weighted by molar-refractivity contribution is 8.00. The Labute approximate surface area is 236 Å². The topological polar surface area (TPSA) is 84.5 Å². The third kappa shape index (κ3) is 6.22. The summed E-state index contributed by atoms with van der Waals surface area (Å²) >= 11 is 1.37. The van der Waals surface area contributed by atoms with Gasteiger partial charge < -0.3 is 15.4 Å². The van der Waals surface area contributed by atoms with E-state index in [1.165, 1.54) is 18.9 Å². The van der Waals surface area contributed by atoms with Gasteiger partial charge in [0.25, 0.3) is 5.91 Å². The van der Waals surface area contributed by atoms with Crippen molar-refractivity contribution in [2.24, 2.45) is 0 Å². The molecule has 1 atom stereocenters. The first-order valence-corrected chi connectivity index (χ1v) is 13.5. The van der Waals surface area contributed by atoms with Gasteiger partial charge >= 0.3 is 5.97 Å². The summed E-state index contributed by atoms with van der Waals surface area (Å²) in [6.45, 7) is 0. The average Bonchev–Trinajstić information content (AvgIpc) is 3.00. The molecule has 7 heteroatoms. The van der Waals surface area contributed by atoms with Crippen molar-refractivity contribution in [3.63, 3.8) is 0 Å². The van der Waals surface area contributed by atoms with Gasteiger partial charge in [-0.05, 0) is 64.9 Å². The van der Waals surface area contributed by atoms with Gasteiger partial charge in [-0.25, -0.2) is 4.79 Å². The lowest BCUT2D eigenvalue weighted by molar-refractivity contribution is -0.115. The molecule has 0 fully saturated rings. The normalized spacial score (nSPS) is 11.4. The molecule has 2 N–H and O–H groups in total. The van der Waals surface area contributed by atoms with Crippen molar-refractivity contribution in [2.45, 2.75) is 10.1 Å². The zero-order valence-corrected chi connectivity index (χ0v) is 22.5. The Morgan fingerprint density at radius 1 is 0.700 bits per heavy atom. The van der Waals surface area contributed by atoms with Crippen LogP contribution in [0.2, 0.25) is 0 Å². The smallest absolute Gasteiger partial charge is 0.339 e. The second-order valence-electron chi connectivity index (χ2n) is 8.98. The quantitative estimate of drug-likeness (QED) is 0.157. The molecule has 0 aliphatic carbocycles. The highest BCUT2D eigenvalue weighted by Crippen LogP contribution is 2.37. The summed E-state index contributed by atoms with van der Waals surface area (Å²) in [7, 11) is 1.30. The summed E-state index contributed by atoms with van der Waals surface area (Å²) in [6, 6.07) is 37.0. The standard InChI is InChI=1S/C33H26N2O4S/c1-39-33(38)28-13-7-8-14-29(28)35-32(37)30(23-10-3-2-4-11-23)40-27-19-17-26(18-20-27)34-31(36)25-16-15-22-9-5-6-12-24(22)21-25/h2-21,30H,1H3,(H,34,36)(H,35,37). The van der Waals surface area contributed by atoms with Crippen LogP contribution in [-0.4, -0.2) is 24.9 Å². The summed E-state index contributed by atoms with van der Waals surface area (Å²) in [4.78, 5) is 39.4. The number of esters is 1. The second-order valence-corrected chi connectivity index (χ2v) is 10.2. The Balaban J connectivity index is 1.32. The maximum atomic E-state index is 13.5. The van der Waals surface area contributed by atoms with Gasteiger partial charge in [0.2, 0.25) is 5.91 Å². The highest BCUT2D eigenvalue weighted by atomic mass is 32.2. The van der Waals surface area contributed by atoms with Gasteiger partial charge in [-0.15, -0.1) is 11.8 Å². The van der Waals surface area contributed by atoms with E-state index in [2.05, 4.69) is 10.6 Å². The minimum atomic E-state index is -0.593. The predicted molar refractivity (Wildman–Crippen MR) is 160 cm³/mol. The summed E-state index contributed by atoms with van der Waals surface area (Å²) in [5, 5.41) is 7.32.